The molecule has 0 saturated heterocycles. The first-order valence-electron chi connectivity index (χ1n) is 5.89. The van der Waals surface area contributed by atoms with E-state index in [0.29, 0.717) is 12.5 Å². The van der Waals surface area contributed by atoms with Gasteiger partial charge in [0.05, 0.1) is 11.2 Å². The van der Waals surface area contributed by atoms with Gasteiger partial charge in [0, 0.05) is 17.5 Å². The molecular formula is C14H15ClN2O. The van der Waals surface area contributed by atoms with E-state index in [1.807, 2.05) is 31.2 Å². The summed E-state index contributed by atoms with van der Waals surface area (Å²) in [6.07, 6.45) is 2.60. The van der Waals surface area contributed by atoms with Gasteiger partial charge in [-0.2, -0.15) is 0 Å². The average molecular weight is 263 g/mol. The minimum absolute atomic E-state index is 0.552. The lowest BCUT2D eigenvalue weighted by Gasteiger charge is -2.03. The zero-order chi connectivity index (χ0) is 12.8. The Balaban J connectivity index is 2.14. The molecule has 0 amide bonds. The second kappa shape index (κ2) is 6.36. The van der Waals surface area contributed by atoms with Crippen molar-refractivity contribution in [3.05, 3.63) is 42.1 Å². The lowest BCUT2D eigenvalue weighted by molar-refractivity contribution is 0.145. The molecule has 0 atom stereocenters. The topological polar surface area (TPSA) is 34.5 Å². The first-order chi connectivity index (χ1) is 8.81. The molecule has 18 heavy (non-hydrogen) atoms. The van der Waals surface area contributed by atoms with Crippen LogP contribution in [0, 0.1) is 0 Å². The predicted octanol–water partition coefficient (Wildman–Crippen LogP) is 3.60. The Labute approximate surface area is 111 Å². The van der Waals surface area contributed by atoms with Gasteiger partial charge >= 0.3 is 0 Å². The molecule has 2 rings (SSSR count). The average Bonchev–Trinajstić information content (AvgIpc) is 2.43. The lowest BCUT2D eigenvalue weighted by atomic mass is 10.1. The Hall–Kier alpha value is -1.61. The Bertz CT molecular complexity index is 554. The first-order valence-corrected chi connectivity index (χ1v) is 6.42. The number of nitrogens with zero attached hydrogens (tertiary/aromatic N) is 2. The number of oxime groups is 1. The second-order valence-corrected chi connectivity index (χ2v) is 4.34. The third-order valence-electron chi connectivity index (χ3n) is 2.59. The van der Waals surface area contributed by atoms with Gasteiger partial charge in [0.25, 0.3) is 0 Å². The molecule has 1 heterocycles. The SMILES string of the molecule is C/C(=N\OCCCCl)c1ccc2ncccc2c1. The van der Waals surface area contributed by atoms with Crippen LogP contribution in [0.1, 0.15) is 18.9 Å². The zero-order valence-electron chi connectivity index (χ0n) is 10.3. The molecule has 0 N–H and O–H groups in total. The molecule has 0 fully saturated rings. The van der Waals surface area contributed by atoms with Crippen molar-refractivity contribution < 1.29 is 4.84 Å². The molecule has 4 heteroatoms. The van der Waals surface area contributed by atoms with Crippen LogP contribution >= 0.6 is 11.6 Å². The summed E-state index contributed by atoms with van der Waals surface area (Å²) in [4.78, 5) is 9.47. The van der Waals surface area contributed by atoms with E-state index in [-0.39, 0.29) is 0 Å². The fraction of sp³-hybridized carbons (Fsp3) is 0.286. The zero-order valence-corrected chi connectivity index (χ0v) is 11.0. The molecule has 1 aromatic carbocycles. The summed E-state index contributed by atoms with van der Waals surface area (Å²) >= 11 is 5.56. The Morgan fingerprint density at radius 1 is 1.39 bits per heavy atom. The number of pyridine rings is 1. The predicted molar refractivity (Wildman–Crippen MR) is 75.2 cm³/mol. The van der Waals surface area contributed by atoms with Crippen molar-refractivity contribution in [2.75, 3.05) is 12.5 Å². The number of rotatable bonds is 5. The number of hydrogen-bond acceptors (Lipinski definition) is 3. The summed E-state index contributed by atoms with van der Waals surface area (Å²) < 4.78 is 0. The minimum atomic E-state index is 0.552. The van der Waals surface area contributed by atoms with Crippen LogP contribution < -0.4 is 0 Å². The van der Waals surface area contributed by atoms with Crippen LogP contribution in [0.25, 0.3) is 10.9 Å². The standard InChI is InChI=1S/C14H15ClN2O/c1-11(17-18-9-3-7-15)12-5-6-14-13(10-12)4-2-8-16-14/h2,4-6,8,10H,3,7,9H2,1H3/b17-11+. The van der Waals surface area contributed by atoms with Crippen molar-refractivity contribution in [3.8, 4) is 0 Å². The van der Waals surface area contributed by atoms with Crippen LogP contribution in [0.5, 0.6) is 0 Å². The van der Waals surface area contributed by atoms with Crippen molar-refractivity contribution >= 4 is 28.2 Å². The Morgan fingerprint density at radius 3 is 3.11 bits per heavy atom. The minimum Gasteiger partial charge on any atom is -0.396 e. The van der Waals surface area contributed by atoms with Gasteiger partial charge in [-0.05, 0) is 37.1 Å². The van der Waals surface area contributed by atoms with Crippen LogP contribution in [-0.2, 0) is 4.84 Å². The maximum absolute atomic E-state index is 5.56. The number of alkyl halides is 1. The third-order valence-corrected chi connectivity index (χ3v) is 2.86. The quantitative estimate of drug-likeness (QED) is 0.357. The van der Waals surface area contributed by atoms with Gasteiger partial charge in [-0.15, -0.1) is 11.6 Å². The van der Waals surface area contributed by atoms with E-state index in [4.69, 9.17) is 16.4 Å². The Kier molecular flexibility index (Phi) is 4.53. The number of aromatic nitrogens is 1. The van der Waals surface area contributed by atoms with Gasteiger partial charge in [-0.25, -0.2) is 0 Å². The molecule has 0 aliphatic heterocycles. The lowest BCUT2D eigenvalue weighted by Crippen LogP contribution is -1.98. The van der Waals surface area contributed by atoms with Crippen LogP contribution in [0.3, 0.4) is 0 Å². The van der Waals surface area contributed by atoms with Gasteiger partial charge in [-0.3, -0.25) is 4.98 Å². The normalized spacial score (nSPS) is 11.8. The number of benzene rings is 1. The second-order valence-electron chi connectivity index (χ2n) is 3.96. The highest BCUT2D eigenvalue weighted by Gasteiger charge is 2.00. The number of halogens is 1. The molecule has 3 nitrogen and oxygen atoms in total. The van der Waals surface area contributed by atoms with Crippen LogP contribution in [0.4, 0.5) is 0 Å². The fourth-order valence-corrected chi connectivity index (χ4v) is 1.72. The van der Waals surface area contributed by atoms with Crippen molar-refractivity contribution in [1.29, 1.82) is 0 Å². The van der Waals surface area contributed by atoms with Gasteiger partial charge < -0.3 is 4.84 Å². The van der Waals surface area contributed by atoms with E-state index >= 15 is 0 Å². The summed E-state index contributed by atoms with van der Waals surface area (Å²) in [5.41, 5.74) is 2.88. The molecular weight excluding hydrogens is 248 g/mol. The molecule has 0 aliphatic carbocycles. The number of hydrogen-bond donors (Lipinski definition) is 0. The van der Waals surface area contributed by atoms with Gasteiger partial charge in [0.1, 0.15) is 6.61 Å². The van der Waals surface area contributed by atoms with Crippen molar-refractivity contribution in [3.63, 3.8) is 0 Å². The Morgan fingerprint density at radius 2 is 2.28 bits per heavy atom. The van der Waals surface area contributed by atoms with Gasteiger partial charge in [-0.1, -0.05) is 17.3 Å². The summed E-state index contributed by atoms with van der Waals surface area (Å²) in [6.45, 7) is 2.48. The molecule has 0 unspecified atom stereocenters. The molecule has 0 bridgehead atoms. The molecule has 0 aliphatic rings. The number of fused-ring (bicyclic) bond motifs is 1. The van der Waals surface area contributed by atoms with Gasteiger partial charge in [0.2, 0.25) is 0 Å². The molecule has 0 saturated carbocycles. The maximum Gasteiger partial charge on any atom is 0.118 e. The molecule has 1 aromatic heterocycles. The third kappa shape index (κ3) is 3.20. The molecule has 0 spiro atoms. The highest BCUT2D eigenvalue weighted by atomic mass is 35.5. The summed E-state index contributed by atoms with van der Waals surface area (Å²) in [6, 6.07) is 10.0. The van der Waals surface area contributed by atoms with E-state index in [1.165, 1.54) is 0 Å². The summed E-state index contributed by atoms with van der Waals surface area (Å²) in [5.74, 6) is 0.593. The largest absolute Gasteiger partial charge is 0.396 e. The first kappa shape index (κ1) is 12.8. The van der Waals surface area contributed by atoms with Crippen molar-refractivity contribution in [1.82, 2.24) is 4.98 Å². The highest BCUT2D eigenvalue weighted by Crippen LogP contribution is 2.14. The molecule has 2 aromatic rings. The molecule has 94 valence electrons. The van der Waals surface area contributed by atoms with Crippen LogP contribution in [0.2, 0.25) is 0 Å². The van der Waals surface area contributed by atoms with Crippen LogP contribution in [-0.4, -0.2) is 23.2 Å². The monoisotopic (exact) mass is 262 g/mol. The van der Waals surface area contributed by atoms with E-state index in [0.717, 1.165) is 28.6 Å². The van der Waals surface area contributed by atoms with Crippen molar-refractivity contribution in [2.24, 2.45) is 5.16 Å². The van der Waals surface area contributed by atoms with E-state index in [1.54, 1.807) is 6.20 Å². The summed E-state index contributed by atoms with van der Waals surface area (Å²) in [5, 5.41) is 5.18. The summed E-state index contributed by atoms with van der Waals surface area (Å²) in [7, 11) is 0. The maximum atomic E-state index is 5.56. The van der Waals surface area contributed by atoms with Gasteiger partial charge in [0.15, 0.2) is 0 Å². The highest BCUT2D eigenvalue weighted by molar-refractivity contribution is 6.17. The van der Waals surface area contributed by atoms with E-state index in [2.05, 4.69) is 16.2 Å². The molecule has 0 radical (unpaired) electrons. The van der Waals surface area contributed by atoms with Crippen LogP contribution in [0.15, 0.2) is 41.7 Å². The van der Waals surface area contributed by atoms with E-state index < -0.39 is 0 Å². The smallest absolute Gasteiger partial charge is 0.118 e. The van der Waals surface area contributed by atoms with Crippen molar-refractivity contribution in [2.45, 2.75) is 13.3 Å². The van der Waals surface area contributed by atoms with E-state index in [9.17, 15) is 0 Å². The fourth-order valence-electron chi connectivity index (χ4n) is 1.61.